The van der Waals surface area contributed by atoms with Crippen molar-refractivity contribution >= 4 is 17.6 Å². The van der Waals surface area contributed by atoms with Crippen LogP contribution in [0.1, 0.15) is 12.0 Å². The van der Waals surface area contributed by atoms with Crippen molar-refractivity contribution in [2.45, 2.75) is 12.8 Å². The molecule has 2 N–H and O–H groups in total. The zero-order valence-electron chi connectivity index (χ0n) is 10.9. The Hall–Kier alpha value is -2.04. The van der Waals surface area contributed by atoms with Crippen LogP contribution in [0.2, 0.25) is 0 Å². The lowest BCUT2D eigenvalue weighted by molar-refractivity contribution is -0.139. The summed E-state index contributed by atoms with van der Waals surface area (Å²) in [5.41, 5.74) is 2.22. The van der Waals surface area contributed by atoms with Crippen molar-refractivity contribution in [3.8, 4) is 0 Å². The van der Waals surface area contributed by atoms with E-state index in [1.807, 2.05) is 24.3 Å². The van der Waals surface area contributed by atoms with Gasteiger partial charge in [-0.05, 0) is 18.1 Å². The highest BCUT2D eigenvalue weighted by molar-refractivity contribution is 5.81. The van der Waals surface area contributed by atoms with Crippen LogP contribution in [0.15, 0.2) is 24.3 Å². The summed E-state index contributed by atoms with van der Waals surface area (Å²) in [5.74, 6) is -0.997. The molecule has 0 fully saturated rings. The van der Waals surface area contributed by atoms with Crippen LogP contribution in [0.4, 0.5) is 5.69 Å². The van der Waals surface area contributed by atoms with Gasteiger partial charge in [0, 0.05) is 25.8 Å². The van der Waals surface area contributed by atoms with Gasteiger partial charge in [-0.2, -0.15) is 0 Å². The highest BCUT2D eigenvalue weighted by Gasteiger charge is 2.26. The highest BCUT2D eigenvalue weighted by Crippen LogP contribution is 2.25. The average molecular weight is 262 g/mol. The van der Waals surface area contributed by atoms with Gasteiger partial charge in [-0.25, -0.2) is 0 Å². The third-order valence-electron chi connectivity index (χ3n) is 3.41. The summed E-state index contributed by atoms with van der Waals surface area (Å²) in [6.45, 7) is 0.861. The van der Waals surface area contributed by atoms with Gasteiger partial charge in [0.05, 0.1) is 12.3 Å². The number of carboxylic acids is 1. The molecule has 1 amide bonds. The van der Waals surface area contributed by atoms with Crippen molar-refractivity contribution in [1.29, 1.82) is 0 Å². The second-order valence-electron chi connectivity index (χ2n) is 4.84. The second kappa shape index (κ2) is 5.73. The largest absolute Gasteiger partial charge is 0.481 e. The number of carboxylic acid groups (broad SMARTS) is 1. The SMILES string of the molecule is CN(CCC(=O)O)C(=O)C1CNc2ccccc2C1. The van der Waals surface area contributed by atoms with Crippen molar-refractivity contribution in [2.75, 3.05) is 25.5 Å². The van der Waals surface area contributed by atoms with Crippen LogP contribution in [-0.2, 0) is 16.0 Å². The van der Waals surface area contributed by atoms with E-state index in [1.54, 1.807) is 7.05 Å². The third kappa shape index (κ3) is 3.24. The van der Waals surface area contributed by atoms with Gasteiger partial charge in [-0.1, -0.05) is 18.2 Å². The smallest absolute Gasteiger partial charge is 0.305 e. The minimum Gasteiger partial charge on any atom is -0.481 e. The molecule has 1 unspecified atom stereocenters. The zero-order chi connectivity index (χ0) is 13.8. The Morgan fingerprint density at radius 2 is 2.16 bits per heavy atom. The maximum atomic E-state index is 12.2. The first-order chi connectivity index (χ1) is 9.08. The summed E-state index contributed by atoms with van der Waals surface area (Å²) in [6, 6.07) is 7.94. The van der Waals surface area contributed by atoms with E-state index in [9.17, 15) is 9.59 Å². The Kier molecular flexibility index (Phi) is 4.04. The van der Waals surface area contributed by atoms with Gasteiger partial charge in [-0.15, -0.1) is 0 Å². The van der Waals surface area contributed by atoms with E-state index < -0.39 is 5.97 Å². The van der Waals surface area contributed by atoms with Crippen LogP contribution in [0, 0.1) is 5.92 Å². The molecule has 102 valence electrons. The number of amides is 1. The number of anilines is 1. The van der Waals surface area contributed by atoms with Gasteiger partial charge >= 0.3 is 5.97 Å². The van der Waals surface area contributed by atoms with Crippen LogP contribution in [0.25, 0.3) is 0 Å². The molecule has 0 spiro atoms. The van der Waals surface area contributed by atoms with Crippen molar-refractivity contribution in [3.63, 3.8) is 0 Å². The topological polar surface area (TPSA) is 69.6 Å². The molecule has 19 heavy (non-hydrogen) atoms. The minimum atomic E-state index is -0.883. The number of fused-ring (bicyclic) bond motifs is 1. The molecule has 0 saturated heterocycles. The molecule has 0 saturated carbocycles. The summed E-state index contributed by atoms with van der Waals surface area (Å²) < 4.78 is 0. The molecule has 0 aliphatic carbocycles. The molecular weight excluding hydrogens is 244 g/mol. The van der Waals surface area contributed by atoms with Crippen LogP contribution >= 0.6 is 0 Å². The number of benzene rings is 1. The average Bonchev–Trinajstić information content (AvgIpc) is 2.43. The van der Waals surface area contributed by atoms with Crippen LogP contribution < -0.4 is 5.32 Å². The minimum absolute atomic E-state index is 0.00301. The fourth-order valence-electron chi connectivity index (χ4n) is 2.30. The van der Waals surface area contributed by atoms with E-state index in [-0.39, 0.29) is 24.8 Å². The van der Waals surface area contributed by atoms with Crippen molar-refractivity contribution in [2.24, 2.45) is 5.92 Å². The fourth-order valence-corrected chi connectivity index (χ4v) is 2.30. The fraction of sp³-hybridized carbons (Fsp3) is 0.429. The monoisotopic (exact) mass is 262 g/mol. The summed E-state index contributed by atoms with van der Waals surface area (Å²) in [7, 11) is 1.66. The number of para-hydroxylation sites is 1. The number of hydrogen-bond acceptors (Lipinski definition) is 3. The third-order valence-corrected chi connectivity index (χ3v) is 3.41. The number of aliphatic carboxylic acids is 1. The summed E-state index contributed by atoms with van der Waals surface area (Å²) in [4.78, 5) is 24.2. The Morgan fingerprint density at radius 3 is 2.89 bits per heavy atom. The number of carbonyl (C=O) groups excluding carboxylic acids is 1. The molecule has 1 aliphatic heterocycles. The van der Waals surface area contributed by atoms with Crippen LogP contribution in [-0.4, -0.2) is 42.0 Å². The molecule has 1 aromatic carbocycles. The molecule has 1 aliphatic rings. The molecule has 0 radical (unpaired) electrons. The van der Waals surface area contributed by atoms with E-state index in [1.165, 1.54) is 4.90 Å². The summed E-state index contributed by atoms with van der Waals surface area (Å²) >= 11 is 0. The molecule has 0 aromatic heterocycles. The maximum absolute atomic E-state index is 12.2. The number of carbonyl (C=O) groups is 2. The molecule has 1 heterocycles. The van der Waals surface area contributed by atoms with Crippen molar-refractivity contribution < 1.29 is 14.7 Å². The Bertz CT molecular complexity index is 487. The van der Waals surface area contributed by atoms with Crippen molar-refractivity contribution in [1.82, 2.24) is 4.90 Å². The molecule has 0 bridgehead atoms. The molecule has 5 nitrogen and oxygen atoms in total. The molecule has 1 atom stereocenters. The highest BCUT2D eigenvalue weighted by atomic mass is 16.4. The van der Waals surface area contributed by atoms with Gasteiger partial charge in [0.2, 0.25) is 5.91 Å². The number of nitrogens with one attached hydrogen (secondary N) is 1. The molecule has 5 heteroatoms. The first-order valence-corrected chi connectivity index (χ1v) is 6.36. The van der Waals surface area contributed by atoms with Gasteiger partial charge in [0.1, 0.15) is 0 Å². The zero-order valence-corrected chi connectivity index (χ0v) is 10.9. The number of rotatable bonds is 4. The normalized spacial score (nSPS) is 17.2. The van der Waals surface area contributed by atoms with Crippen molar-refractivity contribution in [3.05, 3.63) is 29.8 Å². The first-order valence-electron chi connectivity index (χ1n) is 6.36. The Morgan fingerprint density at radius 1 is 1.42 bits per heavy atom. The Labute approximate surface area is 112 Å². The predicted octanol–water partition coefficient (Wildman–Crippen LogP) is 1.20. The second-order valence-corrected chi connectivity index (χ2v) is 4.84. The van der Waals surface area contributed by atoms with E-state index in [4.69, 9.17) is 5.11 Å². The van der Waals surface area contributed by atoms with Crippen LogP contribution in [0.5, 0.6) is 0 Å². The predicted molar refractivity (Wildman–Crippen MR) is 72.0 cm³/mol. The molecule has 2 rings (SSSR count). The first kappa shape index (κ1) is 13.4. The number of nitrogens with zero attached hydrogens (tertiary/aromatic N) is 1. The lowest BCUT2D eigenvalue weighted by atomic mass is 9.93. The standard InChI is InChI=1S/C14H18N2O3/c1-16(7-6-13(17)18)14(19)11-8-10-4-2-3-5-12(10)15-9-11/h2-5,11,15H,6-9H2,1H3,(H,17,18). The van der Waals surface area contributed by atoms with Gasteiger partial charge in [0.25, 0.3) is 0 Å². The lowest BCUT2D eigenvalue weighted by Gasteiger charge is -2.28. The molecular formula is C14H18N2O3. The number of hydrogen-bond donors (Lipinski definition) is 2. The lowest BCUT2D eigenvalue weighted by Crippen LogP contribution is -2.40. The molecule has 1 aromatic rings. The van der Waals surface area contributed by atoms with Gasteiger partial charge < -0.3 is 15.3 Å². The Balaban J connectivity index is 1.96. The maximum Gasteiger partial charge on any atom is 0.305 e. The van der Waals surface area contributed by atoms with Crippen LogP contribution in [0.3, 0.4) is 0 Å². The quantitative estimate of drug-likeness (QED) is 0.855. The van der Waals surface area contributed by atoms with Gasteiger partial charge in [0.15, 0.2) is 0 Å². The van der Waals surface area contributed by atoms with E-state index >= 15 is 0 Å². The van der Waals surface area contributed by atoms with E-state index in [0.717, 1.165) is 11.3 Å². The van der Waals surface area contributed by atoms with E-state index in [2.05, 4.69) is 5.32 Å². The van der Waals surface area contributed by atoms with E-state index in [0.29, 0.717) is 13.0 Å². The summed E-state index contributed by atoms with van der Waals surface area (Å²) in [6.07, 6.45) is 0.693. The van der Waals surface area contributed by atoms with Gasteiger partial charge in [-0.3, -0.25) is 9.59 Å². The summed E-state index contributed by atoms with van der Waals surface area (Å²) in [5, 5.41) is 11.9.